The van der Waals surface area contributed by atoms with Crippen LogP contribution in [0.1, 0.15) is 34.2 Å². The third-order valence-electron chi connectivity index (χ3n) is 6.94. The molecule has 3 N–H and O–H groups in total. The van der Waals surface area contributed by atoms with Crippen LogP contribution in [0.3, 0.4) is 0 Å². The van der Waals surface area contributed by atoms with Crippen molar-refractivity contribution >= 4 is 69.7 Å². The first-order chi connectivity index (χ1) is 21.5. The normalized spacial score (nSPS) is 11.0. The molecule has 0 saturated carbocycles. The number of carboxylic acid groups (broad SMARTS) is 1. The highest BCUT2D eigenvalue weighted by Crippen LogP contribution is 2.35. The Bertz CT molecular complexity index is 1790. The van der Waals surface area contributed by atoms with Crippen molar-refractivity contribution in [3.05, 3.63) is 93.2 Å². The number of fused-ring (bicyclic) bond motifs is 1. The van der Waals surface area contributed by atoms with Gasteiger partial charge in [0, 0.05) is 42.7 Å². The molecule has 0 unspecified atom stereocenters. The molecule has 0 fully saturated rings. The molecule has 0 bridgehead atoms. The first kappa shape index (κ1) is 33.0. The molecule has 3 amide bonds. The van der Waals surface area contributed by atoms with Crippen LogP contribution < -0.4 is 20.3 Å². The number of rotatable bonds is 12. The number of aliphatic carboxylic acids is 1. The van der Waals surface area contributed by atoms with Gasteiger partial charge in [-0.05, 0) is 48.0 Å². The number of imidazole rings is 1. The van der Waals surface area contributed by atoms with Gasteiger partial charge in [-0.25, -0.2) is 4.98 Å². The van der Waals surface area contributed by atoms with Crippen LogP contribution in [-0.4, -0.2) is 59.0 Å². The summed E-state index contributed by atoms with van der Waals surface area (Å²) in [6.45, 7) is 1.32. The summed E-state index contributed by atoms with van der Waals surface area (Å²) in [5, 5.41) is 15.0. The first-order valence-electron chi connectivity index (χ1n) is 13.9. The fourth-order valence-corrected chi connectivity index (χ4v) is 5.14. The second-order valence-electron chi connectivity index (χ2n) is 9.84. The molecule has 234 valence electrons. The Morgan fingerprint density at radius 3 is 2.47 bits per heavy atom. The quantitative estimate of drug-likeness (QED) is 0.188. The number of nitrogens with one attached hydrogen (secondary N) is 2. The fraction of sp³-hybridized carbons (Fsp3) is 0.219. The number of ether oxygens (including phenoxy) is 1. The smallest absolute Gasteiger partial charge is 0.323 e. The number of halogens is 2. The van der Waals surface area contributed by atoms with Crippen LogP contribution in [0.25, 0.3) is 17.1 Å². The van der Waals surface area contributed by atoms with Crippen molar-refractivity contribution in [3.8, 4) is 5.75 Å². The molecule has 0 atom stereocenters. The Kier molecular flexibility index (Phi) is 10.8. The van der Waals surface area contributed by atoms with Crippen molar-refractivity contribution in [2.45, 2.75) is 26.5 Å². The standard InChI is InChI=1S/C32H31Cl2N5O6/c1-4-26-37-31-24(39(26)17-29(42)43)6-5-7-25(31)45-18-21-22(33)13-14-23(30(21)34)38(3)28(41)16-36-27(40)15-10-19-8-11-20(12-9-19)32(44)35-2/h5-15H,4,16-18H2,1-3H3,(H,35,44)(H,36,40)(H,42,43). The lowest BCUT2D eigenvalue weighted by Crippen LogP contribution is -2.37. The van der Waals surface area contributed by atoms with Crippen LogP contribution in [0.2, 0.25) is 10.0 Å². The average molecular weight is 653 g/mol. The Hall–Kier alpha value is -4.87. The van der Waals surface area contributed by atoms with Gasteiger partial charge in [0.1, 0.15) is 30.2 Å². The van der Waals surface area contributed by atoms with E-state index in [0.29, 0.717) is 56.4 Å². The topological polar surface area (TPSA) is 143 Å². The molecule has 4 aromatic rings. The van der Waals surface area contributed by atoms with Gasteiger partial charge in [-0.15, -0.1) is 0 Å². The maximum absolute atomic E-state index is 12.9. The summed E-state index contributed by atoms with van der Waals surface area (Å²) in [5.74, 6) is -1.06. The van der Waals surface area contributed by atoms with E-state index in [1.165, 1.54) is 18.0 Å². The molecule has 3 aromatic carbocycles. The minimum atomic E-state index is -0.980. The minimum Gasteiger partial charge on any atom is -0.486 e. The van der Waals surface area contributed by atoms with E-state index < -0.39 is 17.8 Å². The Morgan fingerprint density at radius 2 is 1.80 bits per heavy atom. The highest BCUT2D eigenvalue weighted by Gasteiger charge is 2.20. The van der Waals surface area contributed by atoms with E-state index in [1.54, 1.807) is 72.3 Å². The molecule has 4 rings (SSSR count). The summed E-state index contributed by atoms with van der Waals surface area (Å²) in [4.78, 5) is 54.3. The summed E-state index contributed by atoms with van der Waals surface area (Å²) in [6.07, 6.45) is 3.40. The van der Waals surface area contributed by atoms with Gasteiger partial charge < -0.3 is 29.9 Å². The van der Waals surface area contributed by atoms with E-state index in [2.05, 4.69) is 15.6 Å². The molecule has 0 aliphatic heterocycles. The van der Waals surface area contributed by atoms with Crippen molar-refractivity contribution < 1.29 is 29.0 Å². The summed E-state index contributed by atoms with van der Waals surface area (Å²) in [7, 11) is 3.07. The van der Waals surface area contributed by atoms with Crippen LogP contribution in [0.15, 0.2) is 60.7 Å². The van der Waals surface area contributed by atoms with Gasteiger partial charge in [0.2, 0.25) is 11.8 Å². The molecule has 1 aromatic heterocycles. The number of para-hydroxylation sites is 1. The average Bonchev–Trinajstić information content (AvgIpc) is 3.39. The monoisotopic (exact) mass is 651 g/mol. The molecular weight excluding hydrogens is 621 g/mol. The van der Waals surface area contributed by atoms with Gasteiger partial charge in [0.25, 0.3) is 5.91 Å². The molecular formula is C32H31Cl2N5O6. The van der Waals surface area contributed by atoms with Crippen LogP contribution in [0, 0.1) is 0 Å². The number of aryl methyl sites for hydroxylation is 1. The third kappa shape index (κ3) is 7.81. The number of carboxylic acids is 1. The second-order valence-corrected chi connectivity index (χ2v) is 10.6. The zero-order valence-electron chi connectivity index (χ0n) is 24.8. The fourth-order valence-electron chi connectivity index (χ4n) is 4.53. The van der Waals surface area contributed by atoms with Crippen LogP contribution in [-0.2, 0) is 34.0 Å². The zero-order chi connectivity index (χ0) is 32.7. The van der Waals surface area contributed by atoms with E-state index >= 15 is 0 Å². The molecule has 0 spiro atoms. The predicted octanol–water partition coefficient (Wildman–Crippen LogP) is 4.72. The molecule has 0 aliphatic rings. The van der Waals surface area contributed by atoms with Gasteiger partial charge in [-0.3, -0.25) is 19.2 Å². The van der Waals surface area contributed by atoms with E-state index in [-0.39, 0.29) is 30.6 Å². The molecule has 0 aliphatic carbocycles. The Morgan fingerprint density at radius 1 is 1.07 bits per heavy atom. The number of anilines is 1. The maximum Gasteiger partial charge on any atom is 0.323 e. The third-order valence-corrected chi connectivity index (χ3v) is 7.72. The lowest BCUT2D eigenvalue weighted by molar-refractivity contribution is -0.137. The van der Waals surface area contributed by atoms with Crippen molar-refractivity contribution in [2.24, 2.45) is 0 Å². The Balaban J connectivity index is 1.42. The van der Waals surface area contributed by atoms with E-state index in [0.717, 1.165) is 0 Å². The van der Waals surface area contributed by atoms with Crippen LogP contribution in [0.5, 0.6) is 5.75 Å². The molecule has 0 saturated heterocycles. The van der Waals surface area contributed by atoms with Crippen molar-refractivity contribution in [1.29, 1.82) is 0 Å². The number of hydrogen-bond donors (Lipinski definition) is 3. The number of hydrogen-bond acceptors (Lipinski definition) is 6. The van der Waals surface area contributed by atoms with Crippen molar-refractivity contribution in [1.82, 2.24) is 20.2 Å². The van der Waals surface area contributed by atoms with Gasteiger partial charge in [-0.1, -0.05) is 48.3 Å². The van der Waals surface area contributed by atoms with E-state index in [9.17, 15) is 24.3 Å². The van der Waals surface area contributed by atoms with Crippen molar-refractivity contribution in [3.63, 3.8) is 0 Å². The summed E-state index contributed by atoms with van der Waals surface area (Å²) < 4.78 is 7.70. The Labute approximate surface area is 269 Å². The van der Waals surface area contributed by atoms with Crippen LogP contribution in [0.4, 0.5) is 5.69 Å². The number of aromatic nitrogens is 2. The predicted molar refractivity (Wildman–Crippen MR) is 173 cm³/mol. The molecule has 45 heavy (non-hydrogen) atoms. The lowest BCUT2D eigenvalue weighted by atomic mass is 10.1. The number of carbonyl (C=O) groups excluding carboxylic acids is 3. The molecule has 11 nitrogen and oxygen atoms in total. The van der Waals surface area contributed by atoms with Gasteiger partial charge >= 0.3 is 5.97 Å². The lowest BCUT2D eigenvalue weighted by Gasteiger charge is -2.21. The number of benzene rings is 3. The largest absolute Gasteiger partial charge is 0.486 e. The van der Waals surface area contributed by atoms with E-state index in [4.69, 9.17) is 27.9 Å². The van der Waals surface area contributed by atoms with Crippen molar-refractivity contribution in [2.75, 3.05) is 25.5 Å². The summed E-state index contributed by atoms with van der Waals surface area (Å²) >= 11 is 13.2. The first-order valence-corrected chi connectivity index (χ1v) is 14.6. The van der Waals surface area contributed by atoms with Gasteiger partial charge in [0.05, 0.1) is 22.8 Å². The summed E-state index contributed by atoms with van der Waals surface area (Å²) in [6, 6.07) is 15.1. The second kappa shape index (κ2) is 14.7. The maximum atomic E-state index is 12.9. The van der Waals surface area contributed by atoms with Gasteiger partial charge in [0.15, 0.2) is 0 Å². The number of nitrogens with zero attached hydrogens (tertiary/aromatic N) is 3. The molecule has 0 radical (unpaired) electrons. The summed E-state index contributed by atoms with van der Waals surface area (Å²) in [5.41, 5.74) is 3.14. The number of carbonyl (C=O) groups is 4. The van der Waals surface area contributed by atoms with Gasteiger partial charge in [-0.2, -0.15) is 0 Å². The minimum absolute atomic E-state index is 0.0501. The molecule has 13 heteroatoms. The van der Waals surface area contributed by atoms with E-state index in [1.807, 2.05) is 6.92 Å². The SMILES string of the molecule is CCc1nc2c(OCc3c(Cl)ccc(N(C)C(=O)CNC(=O)C=Cc4ccc(C(=O)NC)cc4)c3Cl)cccc2n1CC(=O)O. The number of amides is 3. The number of likely N-dealkylation sites (N-methyl/N-ethyl adjacent to an activating group) is 1. The zero-order valence-corrected chi connectivity index (χ0v) is 26.3. The molecule has 1 heterocycles. The van der Waals surface area contributed by atoms with Crippen LogP contribution >= 0.6 is 23.2 Å². The highest BCUT2D eigenvalue weighted by molar-refractivity contribution is 6.38. The highest BCUT2D eigenvalue weighted by atomic mass is 35.5.